The molecule has 1 aliphatic rings. The molecule has 2 aromatic heterocycles. The highest BCUT2D eigenvalue weighted by Gasteiger charge is 2.43. The van der Waals surface area contributed by atoms with Gasteiger partial charge in [-0.25, -0.2) is 13.6 Å². The molecule has 0 unspecified atom stereocenters. The van der Waals surface area contributed by atoms with Crippen LogP contribution >= 0.6 is 11.6 Å². The molecule has 0 spiro atoms. The number of ether oxygens (including phenoxy) is 1. The van der Waals surface area contributed by atoms with Gasteiger partial charge in [0, 0.05) is 23.5 Å². The minimum Gasteiger partial charge on any atom is -0.454 e. The number of carbonyl (C=O) groups is 1. The van der Waals surface area contributed by atoms with E-state index in [0.717, 1.165) is 5.56 Å². The van der Waals surface area contributed by atoms with E-state index in [-0.39, 0.29) is 24.7 Å². The molecule has 5 rings (SSSR count). The summed E-state index contributed by atoms with van der Waals surface area (Å²) in [6, 6.07) is 19.1. The van der Waals surface area contributed by atoms with Crippen LogP contribution in [0.1, 0.15) is 34.6 Å². The van der Waals surface area contributed by atoms with Gasteiger partial charge in [0.2, 0.25) is 12.2 Å². The molecule has 0 bridgehead atoms. The van der Waals surface area contributed by atoms with E-state index in [2.05, 4.69) is 20.3 Å². The van der Waals surface area contributed by atoms with Crippen molar-refractivity contribution in [1.29, 1.82) is 0 Å². The lowest BCUT2D eigenvalue weighted by Gasteiger charge is -2.41. The van der Waals surface area contributed by atoms with E-state index >= 15 is 0 Å². The van der Waals surface area contributed by atoms with E-state index in [0.29, 0.717) is 48.0 Å². The van der Waals surface area contributed by atoms with E-state index in [1.165, 1.54) is 0 Å². The largest absolute Gasteiger partial charge is 0.454 e. The molecule has 0 N–H and O–H groups in total. The van der Waals surface area contributed by atoms with Crippen LogP contribution in [-0.4, -0.2) is 45.8 Å². The molecule has 1 aliphatic heterocycles. The zero-order valence-electron chi connectivity index (χ0n) is 20.3. The first kappa shape index (κ1) is 25.7. The van der Waals surface area contributed by atoms with Gasteiger partial charge in [0.1, 0.15) is 0 Å². The normalized spacial score (nSPS) is 15.0. The van der Waals surface area contributed by atoms with Gasteiger partial charge in [-0.15, -0.1) is 10.2 Å². The zero-order valence-corrected chi connectivity index (χ0v) is 21.0. The van der Waals surface area contributed by atoms with Crippen LogP contribution in [-0.2, 0) is 17.8 Å². The number of alkyl halides is 2. The fourth-order valence-corrected chi connectivity index (χ4v) is 4.69. The number of anilines is 1. The third-order valence-electron chi connectivity index (χ3n) is 6.73. The van der Waals surface area contributed by atoms with Crippen LogP contribution in [0.3, 0.4) is 0 Å². The Bertz CT molecular complexity index is 1380. The molecule has 4 aromatic rings. The van der Waals surface area contributed by atoms with Gasteiger partial charge in [0.25, 0.3) is 5.89 Å². The second-order valence-corrected chi connectivity index (χ2v) is 9.56. The summed E-state index contributed by atoms with van der Waals surface area (Å²) in [4.78, 5) is 18.2. The zero-order chi connectivity index (χ0) is 26.5. The van der Waals surface area contributed by atoms with E-state index < -0.39 is 17.8 Å². The van der Waals surface area contributed by atoms with Crippen molar-refractivity contribution in [1.82, 2.24) is 20.3 Å². The monoisotopic (exact) mass is 539 g/mol. The molecular weight excluding hydrogens is 516 g/mol. The van der Waals surface area contributed by atoms with Gasteiger partial charge < -0.3 is 14.2 Å². The van der Waals surface area contributed by atoms with Gasteiger partial charge in [-0.2, -0.15) is 4.98 Å². The highest BCUT2D eigenvalue weighted by Crippen LogP contribution is 2.42. The summed E-state index contributed by atoms with van der Waals surface area (Å²) >= 11 is 6.25. The maximum absolute atomic E-state index is 14.2. The number of piperidine rings is 1. The van der Waals surface area contributed by atoms with Gasteiger partial charge in [-0.05, 0) is 55.2 Å². The third kappa shape index (κ3) is 5.65. The predicted molar refractivity (Wildman–Crippen MR) is 136 cm³/mol. The molecule has 196 valence electrons. The molecule has 0 saturated carbocycles. The Hall–Kier alpha value is -3.92. The van der Waals surface area contributed by atoms with E-state index in [4.69, 9.17) is 20.9 Å². The molecule has 0 radical (unpaired) electrons. The Balaban J connectivity index is 1.19. The summed E-state index contributed by atoms with van der Waals surface area (Å²) in [6.45, 7) is 0.678. The van der Waals surface area contributed by atoms with Gasteiger partial charge in [0.05, 0.1) is 5.56 Å². The van der Waals surface area contributed by atoms with Crippen molar-refractivity contribution >= 4 is 23.4 Å². The summed E-state index contributed by atoms with van der Waals surface area (Å²) in [5.41, 5.74) is 0.365. The predicted octanol–water partition coefficient (Wildman–Crippen LogP) is 5.63. The van der Waals surface area contributed by atoms with Crippen LogP contribution in [0.5, 0.6) is 0 Å². The SMILES string of the molecule is O=C(OCc1noc(-c2ccc(N3CCC(Cc4ccccc4Cl)(C(F)F)CC3)nn2)n1)c1ccccc1. The topological polar surface area (TPSA) is 94.2 Å². The van der Waals surface area contributed by atoms with Crippen molar-refractivity contribution in [2.75, 3.05) is 18.0 Å². The molecule has 0 atom stereocenters. The van der Waals surface area contributed by atoms with E-state index in [1.807, 2.05) is 11.0 Å². The Morgan fingerprint density at radius 1 is 1.03 bits per heavy atom. The Labute approximate surface area is 222 Å². The summed E-state index contributed by atoms with van der Waals surface area (Å²) in [5, 5.41) is 12.7. The average molecular weight is 540 g/mol. The number of hydrogen-bond acceptors (Lipinski definition) is 8. The number of carbonyl (C=O) groups excluding carboxylic acids is 1. The van der Waals surface area contributed by atoms with E-state index in [1.54, 1.807) is 60.7 Å². The molecule has 2 aromatic carbocycles. The highest BCUT2D eigenvalue weighted by atomic mass is 35.5. The van der Waals surface area contributed by atoms with Crippen LogP contribution in [0.4, 0.5) is 14.6 Å². The van der Waals surface area contributed by atoms with Crippen molar-refractivity contribution < 1.29 is 22.8 Å². The molecule has 0 amide bonds. The molecule has 0 aliphatic carbocycles. The highest BCUT2D eigenvalue weighted by molar-refractivity contribution is 6.31. The Kier molecular flexibility index (Phi) is 7.59. The van der Waals surface area contributed by atoms with Crippen molar-refractivity contribution in [3.63, 3.8) is 0 Å². The number of esters is 1. The smallest absolute Gasteiger partial charge is 0.338 e. The van der Waals surface area contributed by atoms with Gasteiger partial charge in [-0.1, -0.05) is 53.2 Å². The van der Waals surface area contributed by atoms with E-state index in [9.17, 15) is 13.6 Å². The fourth-order valence-electron chi connectivity index (χ4n) is 4.49. The molecule has 1 saturated heterocycles. The van der Waals surface area contributed by atoms with Crippen LogP contribution in [0.25, 0.3) is 11.6 Å². The van der Waals surface area contributed by atoms with Crippen LogP contribution < -0.4 is 4.90 Å². The molecule has 1 fully saturated rings. The summed E-state index contributed by atoms with van der Waals surface area (Å²) < 4.78 is 38.9. The van der Waals surface area contributed by atoms with Crippen LogP contribution in [0.15, 0.2) is 71.3 Å². The second-order valence-electron chi connectivity index (χ2n) is 9.15. The quantitative estimate of drug-likeness (QED) is 0.266. The average Bonchev–Trinajstić information content (AvgIpc) is 3.43. The minimum absolute atomic E-state index is 0.130. The van der Waals surface area contributed by atoms with Gasteiger partial charge in [0.15, 0.2) is 18.1 Å². The molecule has 11 heteroatoms. The lowest BCUT2D eigenvalue weighted by Crippen LogP contribution is -2.45. The summed E-state index contributed by atoms with van der Waals surface area (Å²) in [5.74, 6) is 0.397. The third-order valence-corrected chi connectivity index (χ3v) is 7.09. The fraction of sp³-hybridized carbons (Fsp3) is 0.296. The van der Waals surface area contributed by atoms with Crippen LogP contribution in [0.2, 0.25) is 5.02 Å². The lowest BCUT2D eigenvalue weighted by molar-refractivity contribution is -0.0225. The number of aromatic nitrogens is 4. The first-order valence-corrected chi connectivity index (χ1v) is 12.5. The van der Waals surface area contributed by atoms with Gasteiger partial charge in [-0.3, -0.25) is 0 Å². The van der Waals surface area contributed by atoms with Crippen molar-refractivity contribution in [3.8, 4) is 11.6 Å². The number of halogens is 3. The summed E-state index contributed by atoms with van der Waals surface area (Å²) in [7, 11) is 0. The number of benzene rings is 2. The maximum Gasteiger partial charge on any atom is 0.338 e. The number of hydrogen-bond donors (Lipinski definition) is 0. The molecule has 38 heavy (non-hydrogen) atoms. The minimum atomic E-state index is -2.46. The van der Waals surface area contributed by atoms with Crippen molar-refractivity contribution in [2.24, 2.45) is 5.41 Å². The second kappa shape index (κ2) is 11.2. The Morgan fingerprint density at radius 2 is 1.76 bits per heavy atom. The van der Waals surface area contributed by atoms with Crippen molar-refractivity contribution in [2.45, 2.75) is 32.3 Å². The van der Waals surface area contributed by atoms with Gasteiger partial charge >= 0.3 is 5.97 Å². The maximum atomic E-state index is 14.2. The lowest BCUT2D eigenvalue weighted by atomic mass is 9.74. The molecule has 8 nitrogen and oxygen atoms in total. The number of nitrogens with zero attached hydrogens (tertiary/aromatic N) is 5. The summed E-state index contributed by atoms with van der Waals surface area (Å²) in [6.07, 6.45) is -1.64. The Morgan fingerprint density at radius 3 is 2.45 bits per heavy atom. The van der Waals surface area contributed by atoms with Crippen molar-refractivity contribution in [3.05, 3.63) is 88.7 Å². The molecular formula is C27H24ClF2N5O3. The number of rotatable bonds is 8. The molecule has 3 heterocycles. The first-order chi connectivity index (χ1) is 18.4. The first-order valence-electron chi connectivity index (χ1n) is 12.1. The van der Waals surface area contributed by atoms with Crippen LogP contribution in [0, 0.1) is 5.41 Å². The standard InChI is InChI=1S/C27H24ClF2N5O3/c28-20-9-5-4-8-19(20)16-27(26(29)30)12-14-35(15-13-27)23-11-10-21(32-33-23)24-31-22(34-38-24)17-37-25(36)18-6-2-1-3-7-18/h1-11,26H,12-17H2.